The zero-order valence-corrected chi connectivity index (χ0v) is 24.4. The third kappa shape index (κ3) is 4.13. The van der Waals surface area contributed by atoms with Gasteiger partial charge in [0, 0.05) is 32.9 Å². The number of benzene rings is 7. The number of hydrogen-bond donors (Lipinski definition) is 0. The first-order valence-corrected chi connectivity index (χ1v) is 15.2. The lowest BCUT2D eigenvalue weighted by Gasteiger charge is -2.26. The third-order valence-corrected chi connectivity index (χ3v) is 8.68. The second-order valence-electron chi connectivity index (χ2n) is 11.3. The molecule has 0 N–H and O–H groups in total. The summed E-state index contributed by atoms with van der Waals surface area (Å²) in [5.41, 5.74) is 11.2. The van der Waals surface area contributed by atoms with Crippen LogP contribution in [0.15, 0.2) is 173 Å². The molecule has 2 heterocycles. The largest absolute Gasteiger partial charge is 0.456 e. The minimum Gasteiger partial charge on any atom is -0.456 e. The molecule has 3 heteroatoms. The van der Waals surface area contributed by atoms with E-state index >= 15 is 0 Å². The van der Waals surface area contributed by atoms with Crippen LogP contribution in [0, 0.1) is 0 Å². The standard InChI is InChI=1S/C42H27NO2/c1-3-12-28(13-4-1)33-26-27-36(42-41(33)35-17-8-10-20-38(35)45-42)43(30-14-5-2-6-15-30)31-24-22-29(23-25-31)32-18-11-21-39-40(32)34-16-7-9-19-37(34)44-39/h1-27H. The minimum atomic E-state index is 0.861. The molecule has 9 aromatic rings. The van der Waals surface area contributed by atoms with Crippen LogP contribution >= 0.6 is 0 Å². The van der Waals surface area contributed by atoms with Crippen molar-refractivity contribution in [3.05, 3.63) is 164 Å². The van der Waals surface area contributed by atoms with Crippen molar-refractivity contribution in [3.8, 4) is 22.3 Å². The van der Waals surface area contributed by atoms with Crippen LogP contribution < -0.4 is 4.90 Å². The van der Waals surface area contributed by atoms with E-state index in [0.29, 0.717) is 0 Å². The molecule has 3 nitrogen and oxygen atoms in total. The van der Waals surface area contributed by atoms with E-state index in [4.69, 9.17) is 8.83 Å². The number of para-hydroxylation sites is 3. The molecule has 0 spiro atoms. The van der Waals surface area contributed by atoms with Crippen LogP contribution in [0.1, 0.15) is 0 Å². The normalized spacial score (nSPS) is 11.6. The first kappa shape index (κ1) is 25.4. The van der Waals surface area contributed by atoms with Crippen LogP contribution in [0.3, 0.4) is 0 Å². The fourth-order valence-electron chi connectivity index (χ4n) is 6.66. The van der Waals surface area contributed by atoms with Gasteiger partial charge in [0.15, 0.2) is 5.58 Å². The van der Waals surface area contributed by atoms with Gasteiger partial charge in [0.1, 0.15) is 16.7 Å². The molecule has 2 aromatic heterocycles. The van der Waals surface area contributed by atoms with Gasteiger partial charge in [0.25, 0.3) is 0 Å². The maximum Gasteiger partial charge on any atom is 0.160 e. The van der Waals surface area contributed by atoms with Crippen LogP contribution in [0.5, 0.6) is 0 Å². The molecule has 0 saturated carbocycles. The molecule has 0 aliphatic carbocycles. The Morgan fingerprint density at radius 2 is 0.911 bits per heavy atom. The summed E-state index contributed by atoms with van der Waals surface area (Å²) in [7, 11) is 0. The molecule has 9 rings (SSSR count). The van der Waals surface area contributed by atoms with Crippen LogP contribution in [0.4, 0.5) is 17.1 Å². The lowest BCUT2D eigenvalue weighted by atomic mass is 9.97. The number of fused-ring (bicyclic) bond motifs is 6. The zero-order chi connectivity index (χ0) is 29.7. The van der Waals surface area contributed by atoms with Gasteiger partial charge in [-0.25, -0.2) is 0 Å². The average Bonchev–Trinajstić information content (AvgIpc) is 3.69. The van der Waals surface area contributed by atoms with E-state index in [9.17, 15) is 0 Å². The summed E-state index contributed by atoms with van der Waals surface area (Å²) in [6.07, 6.45) is 0. The Labute approximate surface area is 260 Å². The number of anilines is 3. The van der Waals surface area contributed by atoms with Gasteiger partial charge < -0.3 is 13.7 Å². The Balaban J connectivity index is 1.24. The molecular formula is C42H27NO2. The Morgan fingerprint density at radius 3 is 1.67 bits per heavy atom. The first-order valence-electron chi connectivity index (χ1n) is 15.2. The Bertz CT molecular complexity index is 2470. The van der Waals surface area contributed by atoms with Crippen molar-refractivity contribution in [3.63, 3.8) is 0 Å². The highest BCUT2D eigenvalue weighted by atomic mass is 16.3. The van der Waals surface area contributed by atoms with Crippen LogP contribution in [0.2, 0.25) is 0 Å². The predicted octanol–water partition coefficient (Wildman–Crippen LogP) is 12.3. The van der Waals surface area contributed by atoms with Crippen molar-refractivity contribution in [2.24, 2.45) is 0 Å². The highest BCUT2D eigenvalue weighted by Gasteiger charge is 2.22. The second-order valence-corrected chi connectivity index (χ2v) is 11.3. The minimum absolute atomic E-state index is 0.861. The highest BCUT2D eigenvalue weighted by Crippen LogP contribution is 2.46. The molecule has 212 valence electrons. The van der Waals surface area contributed by atoms with E-state index in [1.807, 2.05) is 24.3 Å². The van der Waals surface area contributed by atoms with Gasteiger partial charge >= 0.3 is 0 Å². The zero-order valence-electron chi connectivity index (χ0n) is 24.4. The second kappa shape index (κ2) is 10.3. The third-order valence-electron chi connectivity index (χ3n) is 8.68. The molecule has 0 aliphatic heterocycles. The molecular weight excluding hydrogens is 550 g/mol. The first-order chi connectivity index (χ1) is 22.3. The van der Waals surface area contributed by atoms with E-state index in [1.165, 1.54) is 0 Å². The molecule has 0 aliphatic rings. The van der Waals surface area contributed by atoms with E-state index in [1.54, 1.807) is 0 Å². The van der Waals surface area contributed by atoms with Gasteiger partial charge in [-0.2, -0.15) is 0 Å². The molecule has 0 fully saturated rings. The quantitative estimate of drug-likeness (QED) is 0.204. The van der Waals surface area contributed by atoms with Crippen molar-refractivity contribution in [2.45, 2.75) is 0 Å². The molecule has 0 unspecified atom stereocenters. The summed E-state index contributed by atoms with van der Waals surface area (Å²) >= 11 is 0. The van der Waals surface area contributed by atoms with Crippen molar-refractivity contribution >= 4 is 60.9 Å². The SMILES string of the molecule is c1ccc(-c2ccc(N(c3ccccc3)c3ccc(-c4cccc5oc6ccccc6c45)cc3)c3oc4ccccc4c23)cc1. The fourth-order valence-corrected chi connectivity index (χ4v) is 6.66. The maximum atomic E-state index is 6.69. The molecule has 0 radical (unpaired) electrons. The molecule has 0 amide bonds. The predicted molar refractivity (Wildman–Crippen MR) is 187 cm³/mol. The Morgan fingerprint density at radius 1 is 0.356 bits per heavy atom. The summed E-state index contributed by atoms with van der Waals surface area (Å²) in [6, 6.07) is 57.1. The number of hydrogen-bond acceptors (Lipinski definition) is 3. The molecule has 45 heavy (non-hydrogen) atoms. The maximum absolute atomic E-state index is 6.69. The van der Waals surface area contributed by atoms with Crippen LogP contribution in [0.25, 0.3) is 66.1 Å². The van der Waals surface area contributed by atoms with Gasteiger partial charge in [-0.15, -0.1) is 0 Å². The Kier molecular flexibility index (Phi) is 5.82. The van der Waals surface area contributed by atoms with Crippen molar-refractivity contribution in [2.75, 3.05) is 4.90 Å². The Hall–Kier alpha value is -6.06. The molecule has 7 aromatic carbocycles. The molecule has 0 atom stereocenters. The monoisotopic (exact) mass is 577 g/mol. The van der Waals surface area contributed by atoms with E-state index < -0.39 is 0 Å². The summed E-state index contributed by atoms with van der Waals surface area (Å²) in [5.74, 6) is 0. The summed E-state index contributed by atoms with van der Waals surface area (Å²) in [6.45, 7) is 0. The molecule has 0 bridgehead atoms. The van der Waals surface area contributed by atoms with Crippen LogP contribution in [-0.2, 0) is 0 Å². The van der Waals surface area contributed by atoms with Crippen molar-refractivity contribution in [1.29, 1.82) is 0 Å². The molecule has 0 saturated heterocycles. The lowest BCUT2D eigenvalue weighted by molar-refractivity contribution is 0.668. The van der Waals surface area contributed by atoms with Gasteiger partial charge in [-0.3, -0.25) is 0 Å². The average molecular weight is 578 g/mol. The van der Waals surface area contributed by atoms with Crippen LogP contribution in [-0.4, -0.2) is 0 Å². The highest BCUT2D eigenvalue weighted by molar-refractivity contribution is 6.17. The lowest BCUT2D eigenvalue weighted by Crippen LogP contribution is -2.10. The van der Waals surface area contributed by atoms with Crippen molar-refractivity contribution in [1.82, 2.24) is 0 Å². The topological polar surface area (TPSA) is 29.5 Å². The van der Waals surface area contributed by atoms with E-state index in [2.05, 4.69) is 144 Å². The number of nitrogens with zero attached hydrogens (tertiary/aromatic N) is 1. The van der Waals surface area contributed by atoms with Gasteiger partial charge in [-0.05, 0) is 70.8 Å². The van der Waals surface area contributed by atoms with Gasteiger partial charge in [0.05, 0.1) is 5.69 Å². The van der Waals surface area contributed by atoms with E-state index in [-0.39, 0.29) is 0 Å². The number of furan rings is 2. The van der Waals surface area contributed by atoms with E-state index in [0.717, 1.165) is 83.2 Å². The number of rotatable bonds is 5. The fraction of sp³-hybridized carbons (Fsp3) is 0. The van der Waals surface area contributed by atoms with Crippen molar-refractivity contribution < 1.29 is 8.83 Å². The summed E-state index contributed by atoms with van der Waals surface area (Å²) in [4.78, 5) is 2.29. The van der Waals surface area contributed by atoms with Gasteiger partial charge in [0.2, 0.25) is 0 Å². The van der Waals surface area contributed by atoms with Gasteiger partial charge in [-0.1, -0.05) is 115 Å². The summed E-state index contributed by atoms with van der Waals surface area (Å²) < 4.78 is 12.9. The smallest absolute Gasteiger partial charge is 0.160 e. The summed E-state index contributed by atoms with van der Waals surface area (Å²) in [5, 5.41) is 4.49.